The molecule has 2 nitrogen and oxygen atoms in total. The van der Waals surface area contributed by atoms with Gasteiger partial charge in [0.1, 0.15) is 0 Å². The van der Waals surface area contributed by atoms with Crippen LogP contribution in [-0.2, 0) is 44.4 Å². The van der Waals surface area contributed by atoms with Gasteiger partial charge in [-0.1, -0.05) is 60.7 Å². The quantitative estimate of drug-likeness (QED) is 0.132. The number of aryl methyl sites for hydroxylation is 5. The number of carbonyl (C=O) groups excluding carboxylic acids is 1. The van der Waals surface area contributed by atoms with Gasteiger partial charge in [-0.25, -0.2) is 0 Å². The summed E-state index contributed by atoms with van der Waals surface area (Å²) in [6.07, 6.45) is 9.55. The normalized spacial score (nSPS) is 13.6. The lowest BCUT2D eigenvalue weighted by Crippen LogP contribution is -2.37. The summed E-state index contributed by atoms with van der Waals surface area (Å²) in [5, 5.41) is 5.53. The second-order valence-electron chi connectivity index (χ2n) is 10.4. The fraction of sp³-hybridized carbons (Fsp3) is 0.235. The summed E-state index contributed by atoms with van der Waals surface area (Å²) in [5.41, 5.74) is 9.34. The molecule has 0 N–H and O–H groups in total. The zero-order valence-electron chi connectivity index (χ0n) is 21.0. The lowest BCUT2D eigenvalue weighted by molar-refractivity contribution is -0.683. The number of nitrogens with zero attached hydrogens (tertiary/aromatic N) is 1. The van der Waals surface area contributed by atoms with Gasteiger partial charge >= 0.3 is 0 Å². The van der Waals surface area contributed by atoms with Crippen LogP contribution in [0.25, 0.3) is 21.5 Å². The topological polar surface area (TPSA) is 20.9 Å². The fourth-order valence-electron chi connectivity index (χ4n) is 6.34. The Kier molecular flexibility index (Phi) is 5.82. The van der Waals surface area contributed by atoms with E-state index >= 15 is 0 Å². The van der Waals surface area contributed by atoms with E-state index in [4.69, 9.17) is 0 Å². The smallest absolute Gasteiger partial charge is 0.227 e. The van der Waals surface area contributed by atoms with E-state index in [9.17, 15) is 4.79 Å². The van der Waals surface area contributed by atoms with Gasteiger partial charge in [0, 0.05) is 23.4 Å². The van der Waals surface area contributed by atoms with Gasteiger partial charge in [0.15, 0.2) is 12.4 Å². The number of thioether (sulfide) groups is 1. The molecule has 3 heteroatoms. The Morgan fingerprint density at radius 3 is 2.38 bits per heavy atom. The standard InChI is InChI=1S/C34H30NOS/c36-32(30-13-11-25-3-1-4-26-12-14-31(30)34(25)26)21-35-18-15-23(16-19-35)17-20-37-22-28-10-9-27-8-7-24-5-2-6-29(28)33(24)27/h1-6,9-11,13,15-16,18-19H,7-8,12,14,17,20-22H2/q+1. The molecule has 1 heterocycles. The summed E-state index contributed by atoms with van der Waals surface area (Å²) in [4.78, 5) is 13.2. The van der Waals surface area contributed by atoms with Crippen LogP contribution in [0.5, 0.6) is 0 Å². The molecule has 0 amide bonds. The Hall–Kier alpha value is -3.43. The molecule has 0 unspecified atom stereocenters. The van der Waals surface area contributed by atoms with E-state index in [1.54, 1.807) is 0 Å². The summed E-state index contributed by atoms with van der Waals surface area (Å²) in [6, 6.07) is 26.4. The van der Waals surface area contributed by atoms with Crippen molar-refractivity contribution in [2.24, 2.45) is 0 Å². The number of hydrogen-bond donors (Lipinski definition) is 0. The van der Waals surface area contributed by atoms with Crippen LogP contribution in [0.2, 0.25) is 0 Å². The number of pyridine rings is 1. The Morgan fingerprint density at radius 2 is 1.51 bits per heavy atom. The highest BCUT2D eigenvalue weighted by molar-refractivity contribution is 7.98. The zero-order chi connectivity index (χ0) is 24.8. The summed E-state index contributed by atoms with van der Waals surface area (Å²) < 4.78 is 2.02. The molecule has 1 aromatic heterocycles. The average Bonchev–Trinajstić information content (AvgIpc) is 3.56. The Balaban J connectivity index is 0.972. The highest BCUT2D eigenvalue weighted by Crippen LogP contribution is 2.35. The molecule has 0 spiro atoms. The summed E-state index contributed by atoms with van der Waals surface area (Å²) in [5.74, 6) is 2.35. The monoisotopic (exact) mass is 500 g/mol. The SMILES string of the molecule is O=C(C[n+]1ccc(CCSCc2ccc3c4c(cccc24)CC3)cc1)c1ccc2cccc3c2c1CC3. The molecule has 2 aliphatic rings. The van der Waals surface area contributed by atoms with Crippen molar-refractivity contribution in [2.75, 3.05) is 5.75 Å². The van der Waals surface area contributed by atoms with Crippen LogP contribution in [0, 0.1) is 0 Å². The third-order valence-corrected chi connectivity index (χ3v) is 9.24. The number of hydrogen-bond acceptors (Lipinski definition) is 2. The summed E-state index contributed by atoms with van der Waals surface area (Å²) in [6.45, 7) is 0.390. The number of benzene rings is 4. The van der Waals surface area contributed by atoms with E-state index < -0.39 is 0 Å². The molecule has 0 fully saturated rings. The van der Waals surface area contributed by atoms with Crippen molar-refractivity contribution in [3.63, 3.8) is 0 Å². The van der Waals surface area contributed by atoms with Gasteiger partial charge in [0.25, 0.3) is 0 Å². The van der Waals surface area contributed by atoms with Crippen LogP contribution >= 0.6 is 11.8 Å². The first-order chi connectivity index (χ1) is 18.2. The molecule has 4 aromatic carbocycles. The summed E-state index contributed by atoms with van der Waals surface area (Å²) in [7, 11) is 0. The van der Waals surface area contributed by atoms with Gasteiger partial charge in [0.2, 0.25) is 12.3 Å². The van der Waals surface area contributed by atoms with Crippen LogP contribution < -0.4 is 4.57 Å². The van der Waals surface area contributed by atoms with Gasteiger partial charge in [-0.3, -0.25) is 4.79 Å². The molecule has 0 saturated heterocycles. The van der Waals surface area contributed by atoms with E-state index in [2.05, 4.69) is 79.1 Å². The van der Waals surface area contributed by atoms with E-state index in [0.29, 0.717) is 6.54 Å². The highest BCUT2D eigenvalue weighted by atomic mass is 32.2. The minimum absolute atomic E-state index is 0.201. The molecule has 0 aliphatic heterocycles. The van der Waals surface area contributed by atoms with Crippen molar-refractivity contribution in [1.29, 1.82) is 0 Å². The first kappa shape index (κ1) is 22.7. The molecule has 37 heavy (non-hydrogen) atoms. The largest absolute Gasteiger partial charge is 0.287 e. The van der Waals surface area contributed by atoms with Crippen LogP contribution in [0.1, 0.15) is 43.7 Å². The molecule has 0 saturated carbocycles. The van der Waals surface area contributed by atoms with Crippen molar-refractivity contribution in [1.82, 2.24) is 0 Å². The second kappa shape index (κ2) is 9.46. The van der Waals surface area contributed by atoms with Crippen LogP contribution in [-0.4, -0.2) is 11.5 Å². The predicted molar refractivity (Wildman–Crippen MR) is 154 cm³/mol. The second-order valence-corrected chi connectivity index (χ2v) is 11.5. The number of Topliss-reactive ketones (excluding diaryl/α,β-unsaturated/α-hetero) is 1. The molecule has 0 atom stereocenters. The van der Waals surface area contributed by atoms with Gasteiger partial charge in [0.05, 0.1) is 0 Å². The lowest BCUT2D eigenvalue weighted by Gasteiger charge is -2.09. The van der Waals surface area contributed by atoms with Gasteiger partial charge in [-0.15, -0.1) is 0 Å². The number of ketones is 1. The number of aromatic nitrogens is 1. The molecule has 0 radical (unpaired) electrons. The maximum atomic E-state index is 13.2. The van der Waals surface area contributed by atoms with E-state index in [1.807, 2.05) is 22.4 Å². The molecule has 5 aromatic rings. The first-order valence-corrected chi connectivity index (χ1v) is 14.5. The Morgan fingerprint density at radius 1 is 0.757 bits per heavy atom. The van der Waals surface area contributed by atoms with Crippen molar-refractivity contribution in [3.05, 3.63) is 124 Å². The third kappa shape index (κ3) is 4.16. The van der Waals surface area contributed by atoms with Gasteiger partial charge < -0.3 is 0 Å². The molecular weight excluding hydrogens is 470 g/mol. The molecule has 0 bridgehead atoms. The predicted octanol–water partition coefficient (Wildman–Crippen LogP) is 6.84. The highest BCUT2D eigenvalue weighted by Gasteiger charge is 2.23. The average molecular weight is 501 g/mol. The maximum absolute atomic E-state index is 13.2. The summed E-state index contributed by atoms with van der Waals surface area (Å²) >= 11 is 2.01. The van der Waals surface area contributed by atoms with Crippen molar-refractivity contribution in [3.8, 4) is 0 Å². The molecule has 7 rings (SSSR count). The minimum Gasteiger partial charge on any atom is -0.287 e. The fourth-order valence-corrected chi connectivity index (χ4v) is 7.34. The van der Waals surface area contributed by atoms with E-state index in [1.165, 1.54) is 67.8 Å². The van der Waals surface area contributed by atoms with Gasteiger partial charge in [-0.2, -0.15) is 16.3 Å². The first-order valence-electron chi connectivity index (χ1n) is 13.4. The Bertz CT molecular complexity index is 1660. The minimum atomic E-state index is 0.201. The number of carbonyl (C=O) groups is 1. The van der Waals surface area contributed by atoms with Crippen LogP contribution in [0.4, 0.5) is 0 Å². The maximum Gasteiger partial charge on any atom is 0.227 e. The molecule has 182 valence electrons. The van der Waals surface area contributed by atoms with E-state index in [-0.39, 0.29) is 5.78 Å². The van der Waals surface area contributed by atoms with Crippen LogP contribution in [0.3, 0.4) is 0 Å². The van der Waals surface area contributed by atoms with Gasteiger partial charge in [-0.05, 0) is 92.8 Å². The lowest BCUT2D eigenvalue weighted by atomic mass is 9.97. The number of rotatable bonds is 8. The van der Waals surface area contributed by atoms with Crippen molar-refractivity contribution >= 4 is 39.1 Å². The van der Waals surface area contributed by atoms with E-state index in [0.717, 1.165) is 36.3 Å². The van der Waals surface area contributed by atoms with Crippen molar-refractivity contribution in [2.45, 2.75) is 44.4 Å². The third-order valence-electron chi connectivity index (χ3n) is 8.23. The zero-order valence-corrected chi connectivity index (χ0v) is 21.8. The molecular formula is C34H30NOS+. The van der Waals surface area contributed by atoms with Crippen molar-refractivity contribution < 1.29 is 9.36 Å². The van der Waals surface area contributed by atoms with Crippen LogP contribution in [0.15, 0.2) is 85.2 Å². The Labute approximate surface area is 222 Å². The molecule has 2 aliphatic carbocycles.